The predicted molar refractivity (Wildman–Crippen MR) is 157 cm³/mol. The van der Waals surface area contributed by atoms with Crippen LogP contribution >= 0.6 is 11.3 Å². The minimum atomic E-state index is -4.16. The van der Waals surface area contributed by atoms with E-state index >= 15 is 0 Å². The van der Waals surface area contributed by atoms with E-state index in [9.17, 15) is 18.0 Å². The second-order valence-corrected chi connectivity index (χ2v) is 11.5. The molecular formula is C28H29N5O6S2. The first-order chi connectivity index (χ1) is 19.8. The first-order valence-electron chi connectivity index (χ1n) is 13.3. The van der Waals surface area contributed by atoms with E-state index in [0.29, 0.717) is 38.3 Å². The van der Waals surface area contributed by atoms with Gasteiger partial charge >= 0.3 is 10.4 Å². The molecule has 11 nitrogen and oxygen atoms in total. The van der Waals surface area contributed by atoms with Gasteiger partial charge in [-0.15, -0.1) is 14.5 Å². The third kappa shape index (κ3) is 6.43. The average molecular weight is 596 g/mol. The minimum Gasteiger partial charge on any atom is -0.355 e. The summed E-state index contributed by atoms with van der Waals surface area (Å²) in [4.78, 5) is 33.6. The summed E-state index contributed by atoms with van der Waals surface area (Å²) in [6.07, 6.45) is 4.84. The Hall–Kier alpha value is -3.78. The maximum Gasteiger partial charge on any atom is 0.421 e. The molecule has 0 N–H and O–H groups in total. The normalized spacial score (nSPS) is 15.6. The van der Waals surface area contributed by atoms with Crippen molar-refractivity contribution in [3.8, 4) is 0 Å². The maximum atomic E-state index is 13.0. The molecule has 1 aliphatic carbocycles. The van der Waals surface area contributed by atoms with Gasteiger partial charge in [-0.1, -0.05) is 35.6 Å². The second-order valence-electron chi connectivity index (χ2n) is 9.29. The third-order valence-corrected chi connectivity index (χ3v) is 8.34. The van der Waals surface area contributed by atoms with E-state index < -0.39 is 10.4 Å². The molecule has 0 bridgehead atoms. The van der Waals surface area contributed by atoms with Gasteiger partial charge in [-0.2, -0.15) is 13.4 Å². The van der Waals surface area contributed by atoms with Gasteiger partial charge in [-0.05, 0) is 63.5 Å². The van der Waals surface area contributed by atoms with Crippen molar-refractivity contribution in [2.75, 3.05) is 36.2 Å². The number of carbonyl (C=O) groups excluding carboxylic acids is 2. The van der Waals surface area contributed by atoms with Crippen LogP contribution in [-0.2, 0) is 18.9 Å². The van der Waals surface area contributed by atoms with Gasteiger partial charge in [0.1, 0.15) is 5.82 Å². The van der Waals surface area contributed by atoms with Crippen LogP contribution in [0.25, 0.3) is 6.08 Å². The minimum absolute atomic E-state index is 0.0332. The molecule has 1 aromatic heterocycles. The summed E-state index contributed by atoms with van der Waals surface area (Å²) < 4.78 is 33.4. The summed E-state index contributed by atoms with van der Waals surface area (Å²) in [6, 6.07) is 13.5. The molecule has 41 heavy (non-hydrogen) atoms. The van der Waals surface area contributed by atoms with Crippen molar-refractivity contribution >= 4 is 61.7 Å². The number of anilines is 2. The number of allylic oxidation sites excluding steroid dienone is 1. The molecule has 1 saturated heterocycles. The van der Waals surface area contributed by atoms with Crippen LogP contribution in [0.5, 0.6) is 0 Å². The number of aromatic nitrogens is 1. The number of carbonyl (C=O) groups is 2. The summed E-state index contributed by atoms with van der Waals surface area (Å²) in [6.45, 7) is 5.19. The molecule has 3 aromatic rings. The molecule has 13 heteroatoms. The molecule has 214 valence electrons. The van der Waals surface area contributed by atoms with E-state index in [4.69, 9.17) is 9.27 Å². The Labute approximate surface area is 242 Å². The van der Waals surface area contributed by atoms with Crippen molar-refractivity contribution in [3.05, 3.63) is 70.1 Å². The molecule has 0 saturated carbocycles. The van der Waals surface area contributed by atoms with Crippen molar-refractivity contribution in [2.45, 2.75) is 33.1 Å². The number of hydrogen-bond donors (Lipinski definition) is 0. The molecule has 0 atom stereocenters. The van der Waals surface area contributed by atoms with Gasteiger partial charge < -0.3 is 4.90 Å². The zero-order valence-corrected chi connectivity index (χ0v) is 24.3. The lowest BCUT2D eigenvalue weighted by molar-refractivity contribution is 0.0990. The predicted octanol–water partition coefficient (Wildman–Crippen LogP) is 6.05. The molecule has 1 fully saturated rings. The van der Waals surface area contributed by atoms with E-state index in [2.05, 4.69) is 19.3 Å². The van der Waals surface area contributed by atoms with Gasteiger partial charge in [0.05, 0.1) is 28.4 Å². The zero-order chi connectivity index (χ0) is 29.0. The largest absolute Gasteiger partial charge is 0.421 e. The lowest BCUT2D eigenvalue weighted by atomic mass is 10.1. The Bertz CT molecular complexity index is 1570. The molecule has 0 unspecified atom stereocenters. The summed E-state index contributed by atoms with van der Waals surface area (Å²) in [5.41, 5.74) is 1.97. The van der Waals surface area contributed by atoms with Crippen molar-refractivity contribution in [1.82, 2.24) is 4.98 Å². The summed E-state index contributed by atoms with van der Waals surface area (Å²) >= 11 is 1.26. The molecule has 0 radical (unpaired) electrons. The Balaban J connectivity index is 1.39. The monoisotopic (exact) mass is 595 g/mol. The van der Waals surface area contributed by atoms with Gasteiger partial charge in [0.2, 0.25) is 5.13 Å². The van der Waals surface area contributed by atoms with Crippen molar-refractivity contribution in [2.24, 2.45) is 10.2 Å². The van der Waals surface area contributed by atoms with Gasteiger partial charge in [-0.25, -0.2) is 9.25 Å². The fraction of sp³-hybridized carbons (Fsp3) is 0.321. The van der Waals surface area contributed by atoms with Crippen LogP contribution in [-0.4, -0.2) is 51.2 Å². The third-order valence-electron chi connectivity index (χ3n) is 6.58. The molecule has 2 heterocycles. The Kier molecular flexibility index (Phi) is 8.68. The van der Waals surface area contributed by atoms with Crippen LogP contribution in [0.3, 0.4) is 0 Å². The summed E-state index contributed by atoms with van der Waals surface area (Å²) in [7, 11) is -4.16. The number of Topliss-reactive ketones (excluding diaryl/α,β-unsaturated/α-hetero) is 2. The Morgan fingerprint density at radius 2 is 1.63 bits per heavy atom. The Morgan fingerprint density at radius 1 is 0.976 bits per heavy atom. The number of nitrogens with zero attached hydrogens (tertiary/aromatic N) is 5. The number of azo groups is 1. The molecule has 0 spiro atoms. The van der Waals surface area contributed by atoms with Crippen LogP contribution in [0.2, 0.25) is 0 Å². The van der Waals surface area contributed by atoms with E-state index in [0.717, 1.165) is 32.4 Å². The van der Waals surface area contributed by atoms with Crippen molar-refractivity contribution in [3.63, 3.8) is 0 Å². The SMILES string of the molecule is CCOS(=O)(=O)ON(CC)c1ccc(N=Nc2nc(N3CCCCC3)c(C=C3C(=O)c4ccccc4C3=O)s2)cc1. The van der Waals surface area contributed by atoms with E-state index in [-0.39, 0.29) is 30.3 Å². The number of hydroxylamine groups is 1. The number of rotatable bonds is 10. The van der Waals surface area contributed by atoms with Gasteiger partial charge in [0.15, 0.2) is 11.6 Å². The van der Waals surface area contributed by atoms with Crippen LogP contribution in [0, 0.1) is 0 Å². The number of benzene rings is 2. The number of thiazole rings is 1. The first-order valence-corrected chi connectivity index (χ1v) is 15.5. The first kappa shape index (κ1) is 28.7. The van der Waals surface area contributed by atoms with Crippen LogP contribution < -0.4 is 9.96 Å². The van der Waals surface area contributed by atoms with Crippen LogP contribution in [0.1, 0.15) is 58.7 Å². The molecule has 5 rings (SSSR count). The molecule has 2 aromatic carbocycles. The molecular weight excluding hydrogens is 566 g/mol. The molecule has 0 amide bonds. The standard InChI is InChI=1S/C28H29N5O6S2/c1-3-33(39-41(36,37)38-4-2)20-14-12-19(13-15-20)30-31-28-29-27(32-16-8-5-9-17-32)24(40-28)18-23-25(34)21-10-6-7-11-22(21)26(23)35/h6-7,10-15,18H,3-5,8-9,16-17H2,1-2H3. The average Bonchev–Trinajstić information content (AvgIpc) is 3.50. The highest BCUT2D eigenvalue weighted by Crippen LogP contribution is 2.38. The highest BCUT2D eigenvalue weighted by Gasteiger charge is 2.33. The second kappa shape index (κ2) is 12.4. The fourth-order valence-electron chi connectivity index (χ4n) is 4.66. The smallest absolute Gasteiger partial charge is 0.355 e. The highest BCUT2D eigenvalue weighted by atomic mass is 32.3. The summed E-state index contributed by atoms with van der Waals surface area (Å²) in [5, 5.41) is 10.2. The van der Waals surface area contributed by atoms with Gasteiger partial charge in [0, 0.05) is 30.8 Å². The quantitative estimate of drug-likeness (QED) is 0.119. The maximum absolute atomic E-state index is 13.0. The van der Waals surface area contributed by atoms with Crippen molar-refractivity contribution < 1.29 is 26.5 Å². The number of fused-ring (bicyclic) bond motifs is 1. The van der Waals surface area contributed by atoms with E-state index in [1.807, 2.05) is 0 Å². The van der Waals surface area contributed by atoms with Crippen LogP contribution in [0.15, 0.2) is 64.3 Å². The lowest BCUT2D eigenvalue weighted by Crippen LogP contribution is -2.30. The fourth-order valence-corrected chi connectivity index (χ4v) is 6.25. The lowest BCUT2D eigenvalue weighted by Gasteiger charge is -2.27. The van der Waals surface area contributed by atoms with Crippen LogP contribution in [0.4, 0.5) is 22.3 Å². The van der Waals surface area contributed by atoms with Crippen molar-refractivity contribution in [1.29, 1.82) is 0 Å². The summed E-state index contributed by atoms with van der Waals surface area (Å²) in [5.74, 6) is 0.117. The molecule has 1 aliphatic heterocycles. The van der Waals surface area contributed by atoms with Gasteiger partial charge in [0.25, 0.3) is 0 Å². The number of ketones is 2. The highest BCUT2D eigenvalue weighted by molar-refractivity contribution is 7.81. The Morgan fingerprint density at radius 3 is 2.24 bits per heavy atom. The topological polar surface area (TPSA) is 131 Å². The molecule has 2 aliphatic rings. The van der Waals surface area contributed by atoms with E-state index in [1.54, 1.807) is 68.5 Å². The van der Waals surface area contributed by atoms with Gasteiger partial charge in [-0.3, -0.25) is 9.59 Å². The number of piperidine rings is 1. The number of hydrogen-bond acceptors (Lipinski definition) is 12. The zero-order valence-electron chi connectivity index (χ0n) is 22.6. The van der Waals surface area contributed by atoms with E-state index in [1.165, 1.54) is 16.4 Å².